The van der Waals surface area contributed by atoms with Crippen molar-refractivity contribution in [2.45, 2.75) is 38.5 Å². The Bertz CT molecular complexity index is 280. The molecule has 0 heterocycles. The number of hydrogen-bond acceptors (Lipinski definition) is 6. The number of unbranched alkanes of at least 4 members (excludes halogenated alkanes) is 1. The van der Waals surface area contributed by atoms with E-state index in [4.69, 9.17) is 24.7 Å². The molecule has 0 unspecified atom stereocenters. The average Bonchev–Trinajstić information content (AvgIpc) is 2.43. The molecule has 0 atom stereocenters. The summed E-state index contributed by atoms with van der Waals surface area (Å²) >= 11 is 0. The van der Waals surface area contributed by atoms with Crippen molar-refractivity contribution in [1.82, 2.24) is 4.90 Å². The minimum atomic E-state index is -0.913. The molecule has 0 aliphatic heterocycles. The molecule has 0 aromatic carbocycles. The van der Waals surface area contributed by atoms with E-state index in [0.717, 1.165) is 0 Å². The average molecular weight is 292 g/mol. The van der Waals surface area contributed by atoms with Crippen molar-refractivity contribution < 1.29 is 28.5 Å². The summed E-state index contributed by atoms with van der Waals surface area (Å²) in [5, 5.41) is 0. The smallest absolute Gasteiger partial charge is 0.246 e. The van der Waals surface area contributed by atoms with Crippen LogP contribution in [0.3, 0.4) is 0 Å². The molecule has 0 bridgehead atoms. The van der Waals surface area contributed by atoms with Crippen LogP contribution in [-0.4, -0.2) is 58.0 Å². The number of carbonyl (C=O) groups excluding carboxylic acids is 2. The van der Waals surface area contributed by atoms with Gasteiger partial charge in [-0.05, 0) is 12.8 Å². The van der Waals surface area contributed by atoms with Crippen LogP contribution in [0.15, 0.2) is 0 Å². The molecule has 0 aliphatic carbocycles. The maximum atomic E-state index is 12.2. The van der Waals surface area contributed by atoms with Crippen molar-refractivity contribution in [1.29, 1.82) is 0 Å². The maximum Gasteiger partial charge on any atom is 0.246 e. The van der Waals surface area contributed by atoms with Crippen molar-refractivity contribution in [3.8, 4) is 0 Å². The molecule has 20 heavy (non-hydrogen) atoms. The van der Waals surface area contributed by atoms with Gasteiger partial charge in [-0.3, -0.25) is 9.59 Å². The van der Waals surface area contributed by atoms with Crippen molar-refractivity contribution in [2.24, 2.45) is 5.73 Å². The SMILES string of the molecule is COC(OC)N(C(=O)CCCCC(N)=O)C(OC)OC. The van der Waals surface area contributed by atoms with E-state index >= 15 is 0 Å². The fourth-order valence-electron chi connectivity index (χ4n) is 1.69. The predicted octanol–water partition coefficient (Wildman–Crippen LogP) is 0.0135. The van der Waals surface area contributed by atoms with Gasteiger partial charge in [0.25, 0.3) is 0 Å². The fraction of sp³-hybridized carbons (Fsp3) is 0.833. The largest absolute Gasteiger partial charge is 0.370 e. The third-order valence-corrected chi connectivity index (χ3v) is 2.61. The molecule has 8 heteroatoms. The summed E-state index contributed by atoms with van der Waals surface area (Å²) in [6.07, 6.45) is -0.293. The summed E-state index contributed by atoms with van der Waals surface area (Å²) in [5.41, 5.74) is 5.04. The molecule has 0 fully saturated rings. The zero-order valence-corrected chi connectivity index (χ0v) is 12.5. The highest BCUT2D eigenvalue weighted by molar-refractivity contribution is 5.76. The van der Waals surface area contributed by atoms with E-state index in [-0.39, 0.29) is 24.7 Å². The lowest BCUT2D eigenvalue weighted by molar-refractivity contribution is -0.287. The summed E-state index contributed by atoms with van der Waals surface area (Å²) in [7, 11) is 5.63. The molecule has 0 radical (unpaired) electrons. The molecule has 0 aromatic rings. The number of methoxy groups -OCH3 is 4. The monoisotopic (exact) mass is 292 g/mol. The van der Waals surface area contributed by atoms with Crippen molar-refractivity contribution in [3.05, 3.63) is 0 Å². The molecular weight excluding hydrogens is 268 g/mol. The van der Waals surface area contributed by atoms with Crippen LogP contribution >= 0.6 is 0 Å². The molecule has 118 valence electrons. The van der Waals surface area contributed by atoms with Crippen LogP contribution in [0.25, 0.3) is 0 Å². The Morgan fingerprint density at radius 3 is 1.65 bits per heavy atom. The molecule has 0 saturated carbocycles. The normalized spacial score (nSPS) is 11.1. The van der Waals surface area contributed by atoms with Gasteiger partial charge in [0, 0.05) is 41.3 Å². The molecule has 0 aliphatic rings. The number of amides is 2. The molecular formula is C12H24N2O6. The Labute approximate surface area is 119 Å². The Morgan fingerprint density at radius 1 is 0.900 bits per heavy atom. The van der Waals surface area contributed by atoms with Crippen molar-refractivity contribution >= 4 is 11.8 Å². The van der Waals surface area contributed by atoms with E-state index in [1.54, 1.807) is 0 Å². The fourth-order valence-corrected chi connectivity index (χ4v) is 1.69. The second kappa shape index (κ2) is 10.6. The van der Waals surface area contributed by atoms with Crippen LogP contribution in [0.2, 0.25) is 0 Å². The summed E-state index contributed by atoms with van der Waals surface area (Å²) in [4.78, 5) is 24.0. The van der Waals surface area contributed by atoms with Gasteiger partial charge in [-0.2, -0.15) is 0 Å². The van der Waals surface area contributed by atoms with Crippen LogP contribution in [0.5, 0.6) is 0 Å². The Balaban J connectivity index is 4.59. The van der Waals surface area contributed by atoms with Crippen molar-refractivity contribution in [3.63, 3.8) is 0 Å². The number of primary amides is 1. The van der Waals surface area contributed by atoms with Crippen LogP contribution in [-0.2, 0) is 28.5 Å². The number of nitrogens with two attached hydrogens (primary N) is 1. The first-order valence-electron chi connectivity index (χ1n) is 6.22. The van der Waals surface area contributed by atoms with Gasteiger partial charge in [-0.25, -0.2) is 4.90 Å². The molecule has 0 aromatic heterocycles. The molecule has 2 amide bonds. The van der Waals surface area contributed by atoms with Gasteiger partial charge in [0.05, 0.1) is 0 Å². The Hall–Kier alpha value is -1.22. The molecule has 8 nitrogen and oxygen atoms in total. The highest BCUT2D eigenvalue weighted by Gasteiger charge is 2.30. The number of ether oxygens (including phenoxy) is 4. The van der Waals surface area contributed by atoms with E-state index in [0.29, 0.717) is 12.8 Å². The molecule has 0 rings (SSSR count). The highest BCUT2D eigenvalue weighted by Crippen LogP contribution is 2.13. The minimum absolute atomic E-state index is 0.208. The van der Waals surface area contributed by atoms with Crippen LogP contribution in [0.1, 0.15) is 25.7 Å². The van der Waals surface area contributed by atoms with Gasteiger partial charge < -0.3 is 24.7 Å². The lowest BCUT2D eigenvalue weighted by atomic mass is 10.2. The minimum Gasteiger partial charge on any atom is -0.370 e. The summed E-state index contributed by atoms with van der Waals surface area (Å²) in [6, 6.07) is 0. The predicted molar refractivity (Wildman–Crippen MR) is 70.1 cm³/mol. The zero-order chi connectivity index (χ0) is 15.5. The lowest BCUT2D eigenvalue weighted by Gasteiger charge is -2.33. The number of carbonyl (C=O) groups is 2. The molecule has 2 N–H and O–H groups in total. The first-order valence-corrected chi connectivity index (χ1v) is 6.22. The van der Waals surface area contributed by atoms with Gasteiger partial charge in [0.1, 0.15) is 0 Å². The Morgan fingerprint density at radius 2 is 1.30 bits per heavy atom. The second-order valence-electron chi connectivity index (χ2n) is 4.03. The number of rotatable bonds is 11. The summed E-state index contributed by atoms with van der Waals surface area (Å²) in [6.45, 7) is 0. The van der Waals surface area contributed by atoms with Gasteiger partial charge in [-0.15, -0.1) is 0 Å². The molecule has 0 spiro atoms. The van der Waals surface area contributed by atoms with Crippen LogP contribution in [0, 0.1) is 0 Å². The topological polar surface area (TPSA) is 100 Å². The molecule has 0 saturated heterocycles. The van der Waals surface area contributed by atoms with E-state index in [1.807, 2.05) is 0 Å². The first kappa shape index (κ1) is 18.8. The quantitative estimate of drug-likeness (QED) is 0.425. The van der Waals surface area contributed by atoms with Gasteiger partial charge in [0.2, 0.25) is 24.6 Å². The van der Waals surface area contributed by atoms with Gasteiger partial charge in [-0.1, -0.05) is 0 Å². The summed E-state index contributed by atoms with van der Waals surface area (Å²) < 4.78 is 20.2. The lowest BCUT2D eigenvalue weighted by Crippen LogP contribution is -2.50. The van der Waals surface area contributed by atoms with Crippen LogP contribution in [0.4, 0.5) is 0 Å². The van der Waals surface area contributed by atoms with Crippen LogP contribution < -0.4 is 5.73 Å². The van der Waals surface area contributed by atoms with E-state index in [2.05, 4.69) is 0 Å². The Kier molecular flexibility index (Phi) is 9.91. The second-order valence-corrected chi connectivity index (χ2v) is 4.03. The highest BCUT2D eigenvalue weighted by atomic mass is 16.7. The summed E-state index contributed by atoms with van der Waals surface area (Å²) in [5.74, 6) is -0.649. The third-order valence-electron chi connectivity index (χ3n) is 2.61. The zero-order valence-electron chi connectivity index (χ0n) is 12.5. The first-order chi connectivity index (χ1) is 9.51. The number of hydrogen-bond donors (Lipinski definition) is 1. The third kappa shape index (κ3) is 6.29. The van der Waals surface area contributed by atoms with E-state index in [9.17, 15) is 9.59 Å². The van der Waals surface area contributed by atoms with Crippen molar-refractivity contribution in [2.75, 3.05) is 28.4 Å². The number of nitrogens with zero attached hydrogens (tertiary/aromatic N) is 1. The van der Waals surface area contributed by atoms with E-state index < -0.39 is 12.8 Å². The van der Waals surface area contributed by atoms with Gasteiger partial charge >= 0.3 is 0 Å². The van der Waals surface area contributed by atoms with Gasteiger partial charge in [0.15, 0.2) is 0 Å². The standard InChI is InChI=1S/C12H24N2O6/c1-17-11(18-2)14(12(19-3)20-4)10(16)8-6-5-7-9(13)15/h11-12H,5-8H2,1-4H3,(H2,13,15). The van der Waals surface area contributed by atoms with E-state index in [1.165, 1.54) is 33.3 Å². The maximum absolute atomic E-state index is 12.2.